The van der Waals surface area contributed by atoms with Crippen LogP contribution in [0.2, 0.25) is 0 Å². The van der Waals surface area contributed by atoms with Gasteiger partial charge < -0.3 is 4.74 Å². The molecule has 0 spiro atoms. The lowest BCUT2D eigenvalue weighted by Gasteiger charge is -2.31. The number of methoxy groups -OCH3 is 1. The fourth-order valence-corrected chi connectivity index (χ4v) is 4.27. The van der Waals surface area contributed by atoms with Crippen LogP contribution >= 0.6 is 0 Å². The van der Waals surface area contributed by atoms with Gasteiger partial charge in [0.05, 0.1) is 16.9 Å². The summed E-state index contributed by atoms with van der Waals surface area (Å²) >= 11 is 0. The number of carbonyl (C=O) groups is 1. The molecule has 0 aliphatic carbocycles. The molecule has 0 heterocycles. The molecule has 0 saturated heterocycles. The maximum atomic E-state index is 13.1. The smallest absolute Gasteiger partial charge is 0.324 e. The van der Waals surface area contributed by atoms with Crippen LogP contribution in [0.25, 0.3) is 0 Å². The van der Waals surface area contributed by atoms with Crippen molar-refractivity contribution in [3.8, 4) is 0 Å². The monoisotopic (exact) mass is 384 g/mol. The van der Waals surface area contributed by atoms with Gasteiger partial charge in [-0.2, -0.15) is 4.31 Å². The molecule has 144 valence electrons. The Morgan fingerprint density at radius 3 is 2.35 bits per heavy atom. The van der Waals surface area contributed by atoms with Gasteiger partial charge in [-0.05, 0) is 30.9 Å². The molecule has 0 aliphatic rings. The van der Waals surface area contributed by atoms with Crippen molar-refractivity contribution >= 4 is 21.7 Å². The first-order valence-corrected chi connectivity index (χ1v) is 9.55. The maximum absolute atomic E-state index is 13.1. The Kier molecular flexibility index (Phi) is 7.91. The van der Waals surface area contributed by atoms with Crippen molar-refractivity contribution in [2.24, 2.45) is 5.92 Å². The standard InChI is InChI=1S/C17H24N2O6S/c1-5-6-7-12-18(16(13(2)3)17(20)25-4)26(23,24)15-10-8-14(9-11-15)19(21)22/h5,8-11,13,16H,1,6-7,12H2,2-4H3. The van der Waals surface area contributed by atoms with Gasteiger partial charge in [0.15, 0.2) is 0 Å². The van der Waals surface area contributed by atoms with E-state index in [0.29, 0.717) is 12.8 Å². The van der Waals surface area contributed by atoms with Gasteiger partial charge in [-0.3, -0.25) is 14.9 Å². The van der Waals surface area contributed by atoms with Crippen molar-refractivity contribution in [2.45, 2.75) is 37.6 Å². The molecular weight excluding hydrogens is 360 g/mol. The number of benzene rings is 1. The summed E-state index contributed by atoms with van der Waals surface area (Å²) < 4.78 is 32.1. The molecule has 0 fully saturated rings. The first-order valence-electron chi connectivity index (χ1n) is 8.11. The molecule has 0 aromatic heterocycles. The molecular formula is C17H24N2O6S. The minimum absolute atomic E-state index is 0.100. The second-order valence-corrected chi connectivity index (χ2v) is 7.90. The number of carbonyl (C=O) groups excluding carboxylic acids is 1. The Morgan fingerprint density at radius 2 is 1.92 bits per heavy atom. The van der Waals surface area contributed by atoms with E-state index in [1.54, 1.807) is 19.9 Å². The average Bonchev–Trinajstić information content (AvgIpc) is 2.60. The van der Waals surface area contributed by atoms with Gasteiger partial charge in [0, 0.05) is 18.7 Å². The number of nitro benzene ring substituents is 1. The van der Waals surface area contributed by atoms with Crippen LogP contribution in [0.3, 0.4) is 0 Å². The van der Waals surface area contributed by atoms with E-state index in [-0.39, 0.29) is 23.0 Å². The highest BCUT2D eigenvalue weighted by Crippen LogP contribution is 2.25. The third kappa shape index (κ3) is 5.12. The highest BCUT2D eigenvalue weighted by molar-refractivity contribution is 7.89. The third-order valence-corrected chi connectivity index (χ3v) is 5.72. The van der Waals surface area contributed by atoms with Crippen molar-refractivity contribution < 1.29 is 22.9 Å². The molecule has 9 heteroatoms. The second kappa shape index (κ2) is 9.44. The molecule has 1 unspecified atom stereocenters. The number of hydrogen-bond acceptors (Lipinski definition) is 6. The zero-order valence-corrected chi connectivity index (χ0v) is 15.9. The van der Waals surface area contributed by atoms with Crippen LogP contribution in [0.5, 0.6) is 0 Å². The van der Waals surface area contributed by atoms with E-state index in [9.17, 15) is 23.3 Å². The van der Waals surface area contributed by atoms with Crippen LogP contribution in [-0.2, 0) is 19.6 Å². The van der Waals surface area contributed by atoms with Crippen molar-refractivity contribution in [1.29, 1.82) is 0 Å². The summed E-state index contributed by atoms with van der Waals surface area (Å²) in [4.78, 5) is 22.3. The molecule has 1 aromatic rings. The molecule has 8 nitrogen and oxygen atoms in total. The second-order valence-electron chi connectivity index (χ2n) is 6.01. The predicted molar refractivity (Wildman–Crippen MR) is 97.1 cm³/mol. The minimum Gasteiger partial charge on any atom is -0.468 e. The van der Waals surface area contributed by atoms with Gasteiger partial charge in [0.1, 0.15) is 6.04 Å². The van der Waals surface area contributed by atoms with E-state index >= 15 is 0 Å². The van der Waals surface area contributed by atoms with Gasteiger partial charge in [-0.1, -0.05) is 19.9 Å². The van der Waals surface area contributed by atoms with Gasteiger partial charge in [-0.15, -0.1) is 6.58 Å². The maximum Gasteiger partial charge on any atom is 0.324 e. The molecule has 0 amide bonds. The lowest BCUT2D eigenvalue weighted by Crippen LogP contribution is -2.48. The number of non-ortho nitro benzene ring substituents is 1. The first kappa shape index (κ1) is 21.8. The van der Waals surface area contributed by atoms with Crippen LogP contribution < -0.4 is 0 Å². The van der Waals surface area contributed by atoms with Gasteiger partial charge in [0.25, 0.3) is 5.69 Å². The Labute approximate surface area is 153 Å². The Balaban J connectivity index is 3.35. The summed E-state index contributed by atoms with van der Waals surface area (Å²) in [7, 11) is -2.84. The van der Waals surface area contributed by atoms with E-state index < -0.39 is 27.0 Å². The highest BCUT2D eigenvalue weighted by atomic mass is 32.2. The van der Waals surface area contributed by atoms with Crippen molar-refractivity contribution in [1.82, 2.24) is 4.31 Å². The number of hydrogen-bond donors (Lipinski definition) is 0. The third-order valence-electron chi connectivity index (χ3n) is 3.83. The lowest BCUT2D eigenvalue weighted by atomic mass is 10.0. The normalized spacial score (nSPS) is 12.8. The van der Waals surface area contributed by atoms with E-state index in [4.69, 9.17) is 4.74 Å². The Hall–Kier alpha value is -2.26. The largest absolute Gasteiger partial charge is 0.468 e. The van der Waals surface area contributed by atoms with Crippen LogP contribution in [-0.4, -0.2) is 43.3 Å². The van der Waals surface area contributed by atoms with E-state index in [2.05, 4.69) is 6.58 Å². The molecule has 1 rings (SSSR count). The van der Waals surface area contributed by atoms with Gasteiger partial charge in [-0.25, -0.2) is 8.42 Å². The number of nitro groups is 1. The lowest BCUT2D eigenvalue weighted by molar-refractivity contribution is -0.384. The summed E-state index contributed by atoms with van der Waals surface area (Å²) in [6, 6.07) is 3.59. The number of esters is 1. The Bertz CT molecular complexity index is 743. The fourth-order valence-electron chi connectivity index (χ4n) is 2.52. The molecule has 0 aliphatic heterocycles. The number of allylic oxidation sites excluding steroid dienone is 1. The number of rotatable bonds is 10. The summed E-state index contributed by atoms with van der Waals surface area (Å²) in [5.74, 6) is -0.969. The molecule has 0 saturated carbocycles. The topological polar surface area (TPSA) is 107 Å². The molecule has 1 atom stereocenters. The summed E-state index contributed by atoms with van der Waals surface area (Å²) in [6.45, 7) is 7.17. The molecule has 1 aromatic carbocycles. The van der Waals surface area contributed by atoms with E-state index in [1.165, 1.54) is 19.2 Å². The van der Waals surface area contributed by atoms with Crippen molar-refractivity contribution in [3.63, 3.8) is 0 Å². The molecule has 0 radical (unpaired) electrons. The quantitative estimate of drug-likeness (QED) is 0.202. The fraction of sp³-hybridized carbons (Fsp3) is 0.471. The SMILES string of the molecule is C=CCCCN(C(C(=O)OC)C(C)C)S(=O)(=O)c1ccc([N+](=O)[O-])cc1. The number of ether oxygens (including phenoxy) is 1. The van der Waals surface area contributed by atoms with Crippen LogP contribution in [0.4, 0.5) is 5.69 Å². The van der Waals surface area contributed by atoms with Gasteiger partial charge >= 0.3 is 5.97 Å². The number of sulfonamides is 1. The van der Waals surface area contributed by atoms with Crippen molar-refractivity contribution in [3.05, 3.63) is 47.0 Å². The van der Waals surface area contributed by atoms with Crippen molar-refractivity contribution in [2.75, 3.05) is 13.7 Å². The molecule has 26 heavy (non-hydrogen) atoms. The zero-order chi connectivity index (χ0) is 19.9. The summed E-state index contributed by atoms with van der Waals surface area (Å²) in [6.07, 6.45) is 2.73. The number of nitrogens with zero attached hydrogens (tertiary/aromatic N) is 2. The van der Waals surface area contributed by atoms with Crippen LogP contribution in [0.15, 0.2) is 41.8 Å². The van der Waals surface area contributed by atoms with Gasteiger partial charge in [0.2, 0.25) is 10.0 Å². The predicted octanol–water partition coefficient (Wildman–Crippen LogP) is 2.75. The van der Waals surface area contributed by atoms with E-state index in [1.807, 2.05) is 0 Å². The van der Waals surface area contributed by atoms with Crippen LogP contribution in [0.1, 0.15) is 26.7 Å². The Morgan fingerprint density at radius 1 is 1.35 bits per heavy atom. The van der Waals surface area contributed by atoms with E-state index in [0.717, 1.165) is 16.4 Å². The highest BCUT2D eigenvalue weighted by Gasteiger charge is 2.38. The minimum atomic E-state index is -4.05. The summed E-state index contributed by atoms with van der Waals surface area (Å²) in [5.41, 5.74) is -0.212. The zero-order valence-electron chi connectivity index (χ0n) is 15.1. The first-order chi connectivity index (χ1) is 12.2. The molecule has 0 N–H and O–H groups in total. The average molecular weight is 384 g/mol. The number of unbranched alkanes of at least 4 members (excludes halogenated alkanes) is 1. The van der Waals surface area contributed by atoms with Crippen LogP contribution in [0, 0.1) is 16.0 Å². The molecule has 0 bridgehead atoms. The summed E-state index contributed by atoms with van der Waals surface area (Å²) in [5, 5.41) is 10.8.